The molecule has 0 aliphatic carbocycles. The van der Waals surface area contributed by atoms with E-state index in [0.29, 0.717) is 24.8 Å². The van der Waals surface area contributed by atoms with E-state index >= 15 is 0 Å². The van der Waals surface area contributed by atoms with Crippen molar-refractivity contribution in [2.75, 3.05) is 13.1 Å². The van der Waals surface area contributed by atoms with Crippen molar-refractivity contribution < 1.29 is 9.32 Å². The Balaban J connectivity index is 1.46. The summed E-state index contributed by atoms with van der Waals surface area (Å²) < 4.78 is 7.42. The topological polar surface area (TPSA) is 77.0 Å². The van der Waals surface area contributed by atoms with Crippen LogP contribution in [0.15, 0.2) is 16.9 Å². The summed E-state index contributed by atoms with van der Waals surface area (Å²) >= 11 is 0. The van der Waals surface area contributed by atoms with Gasteiger partial charge < -0.3 is 14.0 Å². The molecule has 3 rings (SSSR count). The Morgan fingerprint density at radius 3 is 3.04 bits per heavy atom. The van der Waals surface area contributed by atoms with E-state index in [0.717, 1.165) is 56.8 Å². The summed E-state index contributed by atoms with van der Waals surface area (Å²) in [6.45, 7) is 5.73. The minimum Gasteiger partial charge on any atom is -0.341 e. The van der Waals surface area contributed by atoms with Gasteiger partial charge in [0, 0.05) is 44.7 Å². The molecule has 0 radical (unpaired) electrons. The second kappa shape index (κ2) is 8.27. The zero-order valence-corrected chi connectivity index (χ0v) is 15.1. The maximum atomic E-state index is 12.5. The number of carbonyl (C=O) groups is 1. The molecule has 136 valence electrons. The van der Waals surface area contributed by atoms with Crippen molar-refractivity contribution in [2.45, 2.75) is 64.8 Å². The average Bonchev–Trinajstić information content (AvgIpc) is 3.24. The van der Waals surface area contributed by atoms with Gasteiger partial charge in [-0.3, -0.25) is 4.79 Å². The number of hydrogen-bond acceptors (Lipinski definition) is 5. The molecule has 1 fully saturated rings. The van der Waals surface area contributed by atoms with Gasteiger partial charge in [0.05, 0.1) is 6.04 Å². The van der Waals surface area contributed by atoms with Gasteiger partial charge in [-0.1, -0.05) is 12.1 Å². The zero-order chi connectivity index (χ0) is 17.6. The van der Waals surface area contributed by atoms with Crippen molar-refractivity contribution in [2.24, 2.45) is 0 Å². The van der Waals surface area contributed by atoms with Crippen molar-refractivity contribution >= 4 is 5.91 Å². The number of aromatic nitrogens is 4. The van der Waals surface area contributed by atoms with Crippen LogP contribution in [0, 0.1) is 6.92 Å². The van der Waals surface area contributed by atoms with Crippen LogP contribution in [-0.2, 0) is 17.6 Å². The largest absolute Gasteiger partial charge is 0.341 e. The molecular formula is C18H27N5O2. The van der Waals surface area contributed by atoms with Gasteiger partial charge in [-0.2, -0.15) is 4.98 Å². The molecule has 25 heavy (non-hydrogen) atoms. The average molecular weight is 345 g/mol. The highest BCUT2D eigenvalue weighted by Gasteiger charge is 2.25. The summed E-state index contributed by atoms with van der Waals surface area (Å²) in [7, 11) is 0. The predicted molar refractivity (Wildman–Crippen MR) is 93.0 cm³/mol. The summed E-state index contributed by atoms with van der Waals surface area (Å²) in [6.07, 6.45) is 9.76. The first-order valence-corrected chi connectivity index (χ1v) is 9.26. The van der Waals surface area contributed by atoms with Gasteiger partial charge in [0.2, 0.25) is 11.8 Å². The van der Waals surface area contributed by atoms with E-state index in [-0.39, 0.29) is 5.91 Å². The third-order valence-electron chi connectivity index (χ3n) is 4.77. The Labute approximate surface area is 148 Å². The number of nitrogens with zero attached hydrogens (tertiary/aromatic N) is 5. The summed E-state index contributed by atoms with van der Waals surface area (Å²) in [5.74, 6) is 2.63. The summed E-state index contributed by atoms with van der Waals surface area (Å²) in [5.41, 5.74) is 0. The van der Waals surface area contributed by atoms with E-state index in [1.807, 2.05) is 24.2 Å². The van der Waals surface area contributed by atoms with Crippen LogP contribution >= 0.6 is 0 Å². The summed E-state index contributed by atoms with van der Waals surface area (Å²) in [4.78, 5) is 23.2. The van der Waals surface area contributed by atoms with Crippen LogP contribution in [0.5, 0.6) is 0 Å². The van der Waals surface area contributed by atoms with Gasteiger partial charge in [-0.15, -0.1) is 0 Å². The Morgan fingerprint density at radius 2 is 2.28 bits per heavy atom. The molecule has 0 N–H and O–H groups in total. The summed E-state index contributed by atoms with van der Waals surface area (Å²) in [6, 6.07) is 0.341. The third kappa shape index (κ3) is 4.46. The first-order chi connectivity index (χ1) is 12.2. The monoisotopic (exact) mass is 345 g/mol. The molecule has 0 unspecified atom stereocenters. The van der Waals surface area contributed by atoms with E-state index < -0.39 is 0 Å². The molecule has 3 heterocycles. The van der Waals surface area contributed by atoms with E-state index in [1.54, 1.807) is 0 Å². The maximum Gasteiger partial charge on any atom is 0.226 e. The van der Waals surface area contributed by atoms with Gasteiger partial charge >= 0.3 is 0 Å². The number of rotatable bonds is 7. The van der Waals surface area contributed by atoms with Gasteiger partial charge in [0.25, 0.3) is 0 Å². The fourth-order valence-electron chi connectivity index (χ4n) is 3.45. The minimum absolute atomic E-state index is 0.218. The van der Waals surface area contributed by atoms with Crippen molar-refractivity contribution in [3.05, 3.63) is 29.9 Å². The molecule has 7 heteroatoms. The molecule has 0 saturated carbocycles. The predicted octanol–water partition coefficient (Wildman–Crippen LogP) is 2.71. The molecule has 0 aromatic carbocycles. The van der Waals surface area contributed by atoms with Crippen LogP contribution in [0.3, 0.4) is 0 Å². The number of amides is 1. The smallest absolute Gasteiger partial charge is 0.226 e. The maximum absolute atomic E-state index is 12.5. The number of carbonyl (C=O) groups excluding carboxylic acids is 1. The highest BCUT2D eigenvalue weighted by molar-refractivity contribution is 5.76. The lowest BCUT2D eigenvalue weighted by Crippen LogP contribution is -2.40. The first kappa shape index (κ1) is 17.6. The van der Waals surface area contributed by atoms with E-state index in [4.69, 9.17) is 4.52 Å². The number of piperidine rings is 1. The molecule has 1 atom stereocenters. The van der Waals surface area contributed by atoms with Crippen LogP contribution in [0.2, 0.25) is 0 Å². The fourth-order valence-corrected chi connectivity index (χ4v) is 3.45. The molecule has 1 amide bonds. The minimum atomic E-state index is 0.218. The number of hydrogen-bond donors (Lipinski definition) is 0. The lowest BCUT2D eigenvalue weighted by Gasteiger charge is -2.34. The molecular weight excluding hydrogens is 318 g/mol. The number of likely N-dealkylation sites (tertiary alicyclic amines) is 1. The molecule has 0 bridgehead atoms. The van der Waals surface area contributed by atoms with Crippen LogP contribution in [0.1, 0.15) is 62.6 Å². The van der Waals surface area contributed by atoms with Gasteiger partial charge in [0.1, 0.15) is 5.82 Å². The van der Waals surface area contributed by atoms with Gasteiger partial charge in [-0.25, -0.2) is 4.98 Å². The fraction of sp³-hybridized carbons (Fsp3) is 0.667. The Morgan fingerprint density at radius 1 is 1.40 bits per heavy atom. The molecule has 1 aliphatic heterocycles. The highest BCUT2D eigenvalue weighted by atomic mass is 16.5. The summed E-state index contributed by atoms with van der Waals surface area (Å²) in [5, 5.41) is 3.95. The Kier molecular flexibility index (Phi) is 5.83. The zero-order valence-electron chi connectivity index (χ0n) is 15.1. The first-order valence-electron chi connectivity index (χ1n) is 9.26. The van der Waals surface area contributed by atoms with Gasteiger partial charge in [-0.05, 0) is 32.6 Å². The second-order valence-corrected chi connectivity index (χ2v) is 6.73. The van der Waals surface area contributed by atoms with E-state index in [2.05, 4.69) is 26.6 Å². The standard InChI is InChI=1S/C18H27N5O2/c1-3-6-16-20-17(25-21-16)8-4-9-18(24)22-11-5-7-15(13-22)23-12-10-19-14(23)2/h10,12,15H,3-9,11,13H2,1-2H3/t15-/m1/s1. The molecule has 1 saturated heterocycles. The SMILES string of the molecule is CCCc1noc(CCCC(=O)N2CCC[C@@H](n3ccnc3C)C2)n1. The van der Waals surface area contributed by atoms with Crippen molar-refractivity contribution in [3.8, 4) is 0 Å². The number of aryl methyl sites for hydroxylation is 3. The highest BCUT2D eigenvalue weighted by Crippen LogP contribution is 2.23. The van der Waals surface area contributed by atoms with Crippen molar-refractivity contribution in [1.29, 1.82) is 0 Å². The quantitative estimate of drug-likeness (QED) is 0.771. The van der Waals surface area contributed by atoms with Crippen LogP contribution in [0.25, 0.3) is 0 Å². The molecule has 0 spiro atoms. The van der Waals surface area contributed by atoms with E-state index in [1.165, 1.54) is 0 Å². The Hall–Kier alpha value is -2.18. The normalized spacial score (nSPS) is 17.8. The third-order valence-corrected chi connectivity index (χ3v) is 4.77. The van der Waals surface area contributed by atoms with E-state index in [9.17, 15) is 4.79 Å². The lowest BCUT2D eigenvalue weighted by atomic mass is 10.0. The van der Waals surface area contributed by atoms with Crippen LogP contribution in [0.4, 0.5) is 0 Å². The Bertz CT molecular complexity index is 693. The van der Waals surface area contributed by atoms with Crippen molar-refractivity contribution in [3.63, 3.8) is 0 Å². The van der Waals surface area contributed by atoms with Gasteiger partial charge in [0.15, 0.2) is 5.82 Å². The van der Waals surface area contributed by atoms with Crippen LogP contribution in [-0.4, -0.2) is 43.6 Å². The number of imidazole rings is 1. The lowest BCUT2D eigenvalue weighted by molar-refractivity contribution is -0.132. The van der Waals surface area contributed by atoms with Crippen LogP contribution < -0.4 is 0 Å². The molecule has 2 aromatic heterocycles. The molecule has 7 nitrogen and oxygen atoms in total. The van der Waals surface area contributed by atoms with Crippen molar-refractivity contribution in [1.82, 2.24) is 24.6 Å². The molecule has 1 aliphatic rings. The second-order valence-electron chi connectivity index (χ2n) is 6.73. The molecule has 2 aromatic rings.